The molecule has 0 spiro atoms. The maximum atomic E-state index is 10.3. The Morgan fingerprint density at radius 3 is 2.72 bits per heavy atom. The maximum absolute atomic E-state index is 10.3. The highest BCUT2D eigenvalue weighted by Crippen LogP contribution is 2.60. The number of aliphatic carboxylic acids is 1. The number of hydrogen-bond acceptors (Lipinski definition) is 5. The van der Waals surface area contributed by atoms with Gasteiger partial charge in [0, 0.05) is 5.92 Å². The standard InChI is InChI=1S/C12H16N2O4/c15-10(16)6-17-5-9-13-14-12(18-9)11-7-3-1-2-4-8(7)11/h7-8,11H,1-6H2,(H,15,16). The first-order chi connectivity index (χ1) is 8.75. The van der Waals surface area contributed by atoms with Gasteiger partial charge in [0.05, 0.1) is 0 Å². The van der Waals surface area contributed by atoms with Crippen molar-refractivity contribution in [3.8, 4) is 0 Å². The van der Waals surface area contributed by atoms with Gasteiger partial charge >= 0.3 is 5.97 Å². The summed E-state index contributed by atoms with van der Waals surface area (Å²) >= 11 is 0. The number of carboxylic acid groups (broad SMARTS) is 1. The second-order valence-electron chi connectivity index (χ2n) is 5.06. The molecule has 6 heteroatoms. The number of carbonyl (C=O) groups is 1. The highest BCUT2D eigenvalue weighted by atomic mass is 16.5. The summed E-state index contributed by atoms with van der Waals surface area (Å²) in [6.45, 7) is -0.270. The van der Waals surface area contributed by atoms with Gasteiger partial charge in [-0.25, -0.2) is 4.79 Å². The number of rotatable bonds is 5. The summed E-state index contributed by atoms with van der Waals surface area (Å²) in [4.78, 5) is 10.3. The van der Waals surface area contributed by atoms with E-state index in [2.05, 4.69) is 10.2 Å². The lowest BCUT2D eigenvalue weighted by molar-refractivity contribution is -0.142. The average molecular weight is 252 g/mol. The minimum Gasteiger partial charge on any atom is -0.480 e. The molecule has 2 saturated carbocycles. The summed E-state index contributed by atoms with van der Waals surface area (Å²) in [6, 6.07) is 0. The monoisotopic (exact) mass is 252 g/mol. The zero-order valence-corrected chi connectivity index (χ0v) is 10.0. The summed E-state index contributed by atoms with van der Waals surface area (Å²) in [5.74, 6) is 1.98. The fraction of sp³-hybridized carbons (Fsp3) is 0.750. The summed E-state index contributed by atoms with van der Waals surface area (Å²) in [5, 5.41) is 16.4. The van der Waals surface area contributed by atoms with Gasteiger partial charge in [0.2, 0.25) is 11.8 Å². The molecule has 0 amide bonds. The van der Waals surface area contributed by atoms with Crippen LogP contribution in [0.2, 0.25) is 0 Å². The first kappa shape index (κ1) is 11.6. The molecule has 3 rings (SSSR count). The fourth-order valence-corrected chi connectivity index (χ4v) is 3.04. The molecule has 98 valence electrons. The van der Waals surface area contributed by atoms with Gasteiger partial charge in [-0.3, -0.25) is 0 Å². The van der Waals surface area contributed by atoms with Crippen LogP contribution in [0.4, 0.5) is 0 Å². The van der Waals surface area contributed by atoms with E-state index in [0.29, 0.717) is 17.7 Å². The quantitative estimate of drug-likeness (QED) is 0.856. The van der Waals surface area contributed by atoms with Crippen molar-refractivity contribution in [1.29, 1.82) is 0 Å². The van der Waals surface area contributed by atoms with E-state index in [4.69, 9.17) is 14.3 Å². The van der Waals surface area contributed by atoms with Crippen LogP contribution in [0.1, 0.15) is 43.4 Å². The Kier molecular flexibility index (Phi) is 3.03. The largest absolute Gasteiger partial charge is 0.480 e. The number of carboxylic acids is 1. The highest BCUT2D eigenvalue weighted by molar-refractivity contribution is 5.67. The Morgan fingerprint density at radius 2 is 2.06 bits per heavy atom. The molecule has 0 aliphatic heterocycles. The molecule has 6 nitrogen and oxygen atoms in total. The van der Waals surface area contributed by atoms with Gasteiger partial charge in [0.15, 0.2) is 0 Å². The predicted molar refractivity (Wildman–Crippen MR) is 59.8 cm³/mol. The van der Waals surface area contributed by atoms with Crippen molar-refractivity contribution in [3.63, 3.8) is 0 Å². The van der Waals surface area contributed by atoms with E-state index in [1.807, 2.05) is 0 Å². The van der Waals surface area contributed by atoms with E-state index in [9.17, 15) is 4.79 Å². The molecule has 1 aromatic rings. The van der Waals surface area contributed by atoms with E-state index in [-0.39, 0.29) is 13.2 Å². The topological polar surface area (TPSA) is 85.5 Å². The van der Waals surface area contributed by atoms with Crippen LogP contribution in [0.25, 0.3) is 0 Å². The second-order valence-corrected chi connectivity index (χ2v) is 5.06. The van der Waals surface area contributed by atoms with Gasteiger partial charge in [-0.1, -0.05) is 12.8 Å². The van der Waals surface area contributed by atoms with Gasteiger partial charge in [-0.15, -0.1) is 10.2 Å². The third kappa shape index (κ3) is 2.25. The molecule has 2 aliphatic rings. The SMILES string of the molecule is O=C(O)COCc1nnc(C2C3CCCCC32)o1. The molecule has 1 N–H and O–H groups in total. The van der Waals surface area contributed by atoms with Crippen molar-refractivity contribution < 1.29 is 19.1 Å². The van der Waals surface area contributed by atoms with E-state index >= 15 is 0 Å². The number of nitrogens with zero attached hydrogens (tertiary/aromatic N) is 2. The lowest BCUT2D eigenvalue weighted by atomic mass is 10.0. The van der Waals surface area contributed by atoms with Gasteiger partial charge in [-0.2, -0.15) is 0 Å². The van der Waals surface area contributed by atoms with E-state index < -0.39 is 5.97 Å². The van der Waals surface area contributed by atoms with Crippen molar-refractivity contribution >= 4 is 5.97 Å². The number of hydrogen-bond donors (Lipinski definition) is 1. The molecule has 0 aromatic carbocycles. The van der Waals surface area contributed by atoms with Crippen LogP contribution >= 0.6 is 0 Å². The van der Waals surface area contributed by atoms with Crippen molar-refractivity contribution in [2.75, 3.05) is 6.61 Å². The normalized spacial score (nSPS) is 29.9. The molecular formula is C12H16N2O4. The Morgan fingerprint density at radius 1 is 1.33 bits per heavy atom. The zero-order chi connectivity index (χ0) is 12.5. The molecule has 18 heavy (non-hydrogen) atoms. The van der Waals surface area contributed by atoms with Gasteiger partial charge < -0.3 is 14.3 Å². The Labute approximate surface area is 104 Å². The summed E-state index contributed by atoms with van der Waals surface area (Å²) < 4.78 is 10.5. The number of ether oxygens (including phenoxy) is 1. The molecule has 0 saturated heterocycles. The van der Waals surface area contributed by atoms with Crippen LogP contribution in [0, 0.1) is 11.8 Å². The molecule has 1 aromatic heterocycles. The lowest BCUT2D eigenvalue weighted by Crippen LogP contribution is -2.06. The maximum Gasteiger partial charge on any atom is 0.329 e. The summed E-state index contributed by atoms with van der Waals surface area (Å²) in [7, 11) is 0. The van der Waals surface area contributed by atoms with Crippen molar-refractivity contribution in [1.82, 2.24) is 10.2 Å². The second kappa shape index (κ2) is 4.68. The molecular weight excluding hydrogens is 236 g/mol. The summed E-state index contributed by atoms with van der Waals surface area (Å²) in [6.07, 6.45) is 5.14. The Balaban J connectivity index is 1.55. The van der Waals surface area contributed by atoms with Crippen LogP contribution in [-0.2, 0) is 16.1 Å². The van der Waals surface area contributed by atoms with E-state index in [0.717, 1.165) is 11.8 Å². The van der Waals surface area contributed by atoms with Crippen LogP contribution < -0.4 is 0 Å². The van der Waals surface area contributed by atoms with Gasteiger partial charge in [-0.05, 0) is 24.7 Å². The number of aromatic nitrogens is 2. The Hall–Kier alpha value is -1.43. The molecule has 2 aliphatic carbocycles. The third-order valence-corrected chi connectivity index (χ3v) is 3.88. The predicted octanol–water partition coefficient (Wildman–Crippen LogP) is 1.57. The molecule has 0 bridgehead atoms. The minimum absolute atomic E-state index is 0.0708. The molecule has 2 fully saturated rings. The first-order valence-corrected chi connectivity index (χ1v) is 6.37. The molecule has 2 unspecified atom stereocenters. The molecule has 0 radical (unpaired) electrons. The minimum atomic E-state index is -0.997. The smallest absolute Gasteiger partial charge is 0.329 e. The first-order valence-electron chi connectivity index (χ1n) is 6.37. The summed E-state index contributed by atoms with van der Waals surface area (Å²) in [5.41, 5.74) is 0. The van der Waals surface area contributed by atoms with E-state index in [1.54, 1.807) is 0 Å². The van der Waals surface area contributed by atoms with Crippen molar-refractivity contribution in [3.05, 3.63) is 11.8 Å². The van der Waals surface area contributed by atoms with Crippen molar-refractivity contribution in [2.45, 2.75) is 38.2 Å². The van der Waals surface area contributed by atoms with Gasteiger partial charge in [0.1, 0.15) is 13.2 Å². The highest BCUT2D eigenvalue weighted by Gasteiger charge is 2.54. The number of fused-ring (bicyclic) bond motifs is 1. The van der Waals surface area contributed by atoms with Crippen molar-refractivity contribution in [2.24, 2.45) is 11.8 Å². The molecule has 2 atom stereocenters. The fourth-order valence-electron chi connectivity index (χ4n) is 3.04. The van der Waals surface area contributed by atoms with Gasteiger partial charge in [0.25, 0.3) is 0 Å². The zero-order valence-electron chi connectivity index (χ0n) is 10.0. The van der Waals surface area contributed by atoms with Crippen LogP contribution in [-0.4, -0.2) is 27.9 Å². The molecule has 1 heterocycles. The lowest BCUT2D eigenvalue weighted by Gasteiger charge is -2.04. The van der Waals surface area contributed by atoms with Crippen LogP contribution in [0.5, 0.6) is 0 Å². The van der Waals surface area contributed by atoms with E-state index in [1.165, 1.54) is 25.7 Å². The average Bonchev–Trinajstić information content (AvgIpc) is 2.91. The Bertz CT molecular complexity index is 433. The van der Waals surface area contributed by atoms with Crippen LogP contribution in [0.3, 0.4) is 0 Å². The third-order valence-electron chi connectivity index (χ3n) is 3.88. The van der Waals surface area contributed by atoms with Crippen LogP contribution in [0.15, 0.2) is 4.42 Å².